The molecule has 0 bridgehead atoms. The van der Waals surface area contributed by atoms with Crippen molar-refractivity contribution in [2.24, 2.45) is 0 Å². The predicted molar refractivity (Wildman–Crippen MR) is 107 cm³/mol. The minimum atomic E-state index is -3.28. The number of anilines is 1. The molecule has 27 heavy (non-hydrogen) atoms. The van der Waals surface area contributed by atoms with Crippen LogP contribution in [0, 0.1) is 0 Å². The summed E-state index contributed by atoms with van der Waals surface area (Å²) in [7, 11) is -3.28. The normalized spacial score (nSPS) is 11.2. The Balaban J connectivity index is 1.89. The van der Waals surface area contributed by atoms with Crippen molar-refractivity contribution in [3.8, 4) is 11.1 Å². The molecular weight excluding hydrogens is 407 g/mol. The van der Waals surface area contributed by atoms with Crippen LogP contribution in [0.5, 0.6) is 0 Å². The van der Waals surface area contributed by atoms with Crippen molar-refractivity contribution >= 4 is 44.6 Å². The number of hydrogen-bond acceptors (Lipinski definition) is 4. The van der Waals surface area contributed by atoms with Gasteiger partial charge in [-0.25, -0.2) is 13.4 Å². The van der Waals surface area contributed by atoms with Crippen molar-refractivity contribution in [2.75, 3.05) is 11.6 Å². The molecule has 1 N–H and O–H groups in total. The standard InChI is InChI=1S/C19H14Cl2N2O3S/c1-27(25,26)15-6-2-12(3-7-15)16-10-13(4-8-17(16)20)19(24)23-14-5-9-18(21)22-11-14/h2-11H,1H3,(H,23,24). The Morgan fingerprint density at radius 2 is 1.70 bits per heavy atom. The summed E-state index contributed by atoms with van der Waals surface area (Å²) in [4.78, 5) is 16.6. The molecule has 1 amide bonds. The van der Waals surface area contributed by atoms with E-state index in [0.29, 0.717) is 32.6 Å². The van der Waals surface area contributed by atoms with Crippen LogP contribution in [0.3, 0.4) is 0 Å². The second-order valence-corrected chi connectivity index (χ2v) is 8.63. The summed E-state index contributed by atoms with van der Waals surface area (Å²) in [5.41, 5.74) is 2.24. The maximum absolute atomic E-state index is 12.5. The van der Waals surface area contributed by atoms with E-state index >= 15 is 0 Å². The van der Waals surface area contributed by atoms with Gasteiger partial charge < -0.3 is 5.32 Å². The molecule has 138 valence electrons. The Morgan fingerprint density at radius 1 is 1.00 bits per heavy atom. The van der Waals surface area contributed by atoms with Crippen molar-refractivity contribution in [3.63, 3.8) is 0 Å². The van der Waals surface area contributed by atoms with Gasteiger partial charge in [0.15, 0.2) is 9.84 Å². The SMILES string of the molecule is CS(=O)(=O)c1ccc(-c2cc(C(=O)Nc3ccc(Cl)nc3)ccc2Cl)cc1. The molecule has 5 nitrogen and oxygen atoms in total. The summed E-state index contributed by atoms with van der Waals surface area (Å²) < 4.78 is 23.2. The van der Waals surface area contributed by atoms with E-state index in [4.69, 9.17) is 23.2 Å². The van der Waals surface area contributed by atoms with Gasteiger partial charge in [-0.3, -0.25) is 4.79 Å². The molecule has 3 aromatic rings. The highest BCUT2D eigenvalue weighted by Crippen LogP contribution is 2.30. The minimum Gasteiger partial charge on any atom is -0.321 e. The number of rotatable bonds is 4. The fraction of sp³-hybridized carbons (Fsp3) is 0.0526. The lowest BCUT2D eigenvalue weighted by atomic mass is 10.0. The summed E-state index contributed by atoms with van der Waals surface area (Å²) in [6.45, 7) is 0. The molecule has 3 rings (SSSR count). The fourth-order valence-electron chi connectivity index (χ4n) is 2.42. The number of nitrogens with one attached hydrogen (secondary N) is 1. The molecule has 0 aliphatic carbocycles. The molecule has 1 heterocycles. The summed E-state index contributed by atoms with van der Waals surface area (Å²) in [6.07, 6.45) is 2.60. The number of aromatic nitrogens is 1. The number of benzene rings is 2. The van der Waals surface area contributed by atoms with E-state index in [0.717, 1.165) is 6.26 Å². The van der Waals surface area contributed by atoms with Crippen molar-refractivity contribution in [3.05, 3.63) is 76.5 Å². The zero-order chi connectivity index (χ0) is 19.6. The first-order chi connectivity index (χ1) is 12.7. The highest BCUT2D eigenvalue weighted by atomic mass is 35.5. The molecule has 0 unspecified atom stereocenters. The maximum Gasteiger partial charge on any atom is 0.255 e. The lowest BCUT2D eigenvalue weighted by Gasteiger charge is -2.09. The third-order valence-corrected chi connectivity index (χ3v) is 5.49. The van der Waals surface area contributed by atoms with E-state index in [2.05, 4.69) is 10.3 Å². The van der Waals surface area contributed by atoms with Crippen molar-refractivity contribution in [1.82, 2.24) is 4.98 Å². The number of halogens is 2. The molecule has 0 saturated heterocycles. The van der Waals surface area contributed by atoms with Gasteiger partial charge in [0.2, 0.25) is 0 Å². The summed E-state index contributed by atoms with van der Waals surface area (Å²) in [6, 6.07) is 14.4. The Labute approximate surface area is 166 Å². The van der Waals surface area contributed by atoms with Crippen LogP contribution in [-0.4, -0.2) is 25.6 Å². The largest absolute Gasteiger partial charge is 0.321 e. The number of carbonyl (C=O) groups is 1. The molecule has 0 aliphatic rings. The molecule has 0 saturated carbocycles. The van der Waals surface area contributed by atoms with Crippen LogP contribution in [0.2, 0.25) is 10.2 Å². The molecule has 0 aliphatic heterocycles. The smallest absolute Gasteiger partial charge is 0.255 e. The van der Waals surface area contributed by atoms with Crippen molar-refractivity contribution < 1.29 is 13.2 Å². The second kappa shape index (κ2) is 7.68. The number of pyridine rings is 1. The number of amides is 1. The monoisotopic (exact) mass is 420 g/mol. The summed E-state index contributed by atoms with van der Waals surface area (Å²) in [5.74, 6) is -0.329. The Bertz CT molecular complexity index is 1100. The molecule has 0 fully saturated rings. The van der Waals surface area contributed by atoms with Crippen molar-refractivity contribution in [1.29, 1.82) is 0 Å². The lowest BCUT2D eigenvalue weighted by Crippen LogP contribution is -2.12. The van der Waals surface area contributed by atoms with Gasteiger partial charge in [0, 0.05) is 22.4 Å². The van der Waals surface area contributed by atoms with Gasteiger partial charge in [-0.15, -0.1) is 0 Å². The summed E-state index contributed by atoms with van der Waals surface area (Å²) >= 11 is 12.0. The van der Waals surface area contributed by atoms with Gasteiger partial charge >= 0.3 is 0 Å². The van der Waals surface area contributed by atoms with E-state index in [9.17, 15) is 13.2 Å². The van der Waals surface area contributed by atoms with Gasteiger partial charge in [0.05, 0.1) is 16.8 Å². The van der Waals surface area contributed by atoms with E-state index in [-0.39, 0.29) is 10.8 Å². The number of nitrogens with zero attached hydrogens (tertiary/aromatic N) is 1. The zero-order valence-electron chi connectivity index (χ0n) is 14.1. The highest BCUT2D eigenvalue weighted by Gasteiger charge is 2.12. The van der Waals surface area contributed by atoms with Crippen molar-refractivity contribution in [2.45, 2.75) is 4.90 Å². The topological polar surface area (TPSA) is 76.1 Å². The molecular formula is C19H14Cl2N2O3S. The molecule has 0 radical (unpaired) electrons. The first-order valence-corrected chi connectivity index (χ1v) is 10.4. The molecule has 8 heteroatoms. The van der Waals surface area contributed by atoms with Crippen LogP contribution in [-0.2, 0) is 9.84 Å². The van der Waals surface area contributed by atoms with E-state index < -0.39 is 9.84 Å². The van der Waals surface area contributed by atoms with Gasteiger partial charge in [-0.05, 0) is 48.0 Å². The summed E-state index contributed by atoms with van der Waals surface area (Å²) in [5, 5.41) is 3.51. The van der Waals surface area contributed by atoms with Crippen LogP contribution in [0.15, 0.2) is 65.7 Å². The average Bonchev–Trinajstić information content (AvgIpc) is 2.63. The number of carbonyl (C=O) groups excluding carboxylic acids is 1. The third kappa shape index (κ3) is 4.66. The molecule has 2 aromatic carbocycles. The van der Waals surface area contributed by atoms with E-state index in [1.54, 1.807) is 42.5 Å². The van der Waals surface area contributed by atoms with Crippen LogP contribution >= 0.6 is 23.2 Å². The van der Waals surface area contributed by atoms with Gasteiger partial charge in [-0.1, -0.05) is 35.3 Å². The van der Waals surface area contributed by atoms with Gasteiger partial charge in [-0.2, -0.15) is 0 Å². The lowest BCUT2D eigenvalue weighted by molar-refractivity contribution is 0.102. The zero-order valence-corrected chi connectivity index (χ0v) is 16.4. The average molecular weight is 421 g/mol. The first-order valence-electron chi connectivity index (χ1n) is 7.77. The molecule has 0 spiro atoms. The Morgan fingerprint density at radius 3 is 2.30 bits per heavy atom. The third-order valence-electron chi connectivity index (χ3n) is 3.81. The predicted octanol–water partition coefficient (Wildman–Crippen LogP) is 4.71. The second-order valence-electron chi connectivity index (χ2n) is 5.81. The number of hydrogen-bond donors (Lipinski definition) is 1. The van der Waals surface area contributed by atoms with E-state index in [1.165, 1.54) is 18.3 Å². The first kappa shape index (κ1) is 19.4. The van der Waals surface area contributed by atoms with Crippen LogP contribution < -0.4 is 5.32 Å². The van der Waals surface area contributed by atoms with Gasteiger partial charge in [0.25, 0.3) is 5.91 Å². The number of sulfone groups is 1. The molecule has 1 aromatic heterocycles. The highest BCUT2D eigenvalue weighted by molar-refractivity contribution is 7.90. The van der Waals surface area contributed by atoms with Crippen LogP contribution in [0.4, 0.5) is 5.69 Å². The van der Waals surface area contributed by atoms with E-state index in [1.807, 2.05) is 0 Å². The molecule has 0 atom stereocenters. The van der Waals surface area contributed by atoms with Crippen LogP contribution in [0.25, 0.3) is 11.1 Å². The quantitative estimate of drug-likeness (QED) is 0.619. The Kier molecular flexibility index (Phi) is 5.51. The minimum absolute atomic E-state index is 0.214. The van der Waals surface area contributed by atoms with Crippen LogP contribution in [0.1, 0.15) is 10.4 Å². The fourth-order valence-corrected chi connectivity index (χ4v) is 3.39. The Hall–Kier alpha value is -2.41. The maximum atomic E-state index is 12.5. The van der Waals surface area contributed by atoms with Gasteiger partial charge in [0.1, 0.15) is 5.15 Å².